The Morgan fingerprint density at radius 1 is 1.07 bits per heavy atom. The Hall–Kier alpha value is -2.18. The quantitative estimate of drug-likeness (QED) is 0.661. The number of carbonyl (C=O) groups is 1. The second kappa shape index (κ2) is 10.4. The molecule has 0 aliphatic carbocycles. The Kier molecular flexibility index (Phi) is 8.20. The van der Waals surface area contributed by atoms with Gasteiger partial charge in [0.05, 0.1) is 11.4 Å². The van der Waals surface area contributed by atoms with Gasteiger partial charge in [-0.05, 0) is 44.4 Å². The molecule has 2 rings (SSSR count). The lowest BCUT2D eigenvalue weighted by Crippen LogP contribution is -2.44. The van der Waals surface area contributed by atoms with Crippen molar-refractivity contribution in [1.29, 1.82) is 0 Å². The molecule has 6 heteroatoms. The number of sulfonamides is 1. The van der Waals surface area contributed by atoms with Crippen LogP contribution in [0.4, 0.5) is 0 Å². The molecule has 0 aromatic heterocycles. The van der Waals surface area contributed by atoms with Crippen LogP contribution in [0.2, 0.25) is 0 Å². The minimum atomic E-state index is -3.76. The molecular formula is C22H30N2O3S. The number of carbonyl (C=O) groups excluding carboxylic acids is 1. The van der Waals surface area contributed by atoms with E-state index in [1.807, 2.05) is 44.2 Å². The lowest BCUT2D eigenvalue weighted by molar-refractivity contribution is -0.121. The minimum Gasteiger partial charge on any atom is -0.353 e. The van der Waals surface area contributed by atoms with E-state index in [0.29, 0.717) is 6.42 Å². The maximum atomic E-state index is 13.2. The summed E-state index contributed by atoms with van der Waals surface area (Å²) >= 11 is 0. The number of benzene rings is 2. The number of nitrogens with zero attached hydrogens (tertiary/aromatic N) is 1. The Balaban J connectivity index is 2.19. The minimum absolute atomic E-state index is 0.0237. The van der Waals surface area contributed by atoms with Crippen molar-refractivity contribution >= 4 is 15.9 Å². The molecule has 1 N–H and O–H groups in total. The van der Waals surface area contributed by atoms with Crippen molar-refractivity contribution in [2.75, 3.05) is 13.1 Å². The molecular weight excluding hydrogens is 372 g/mol. The second-order valence-electron chi connectivity index (χ2n) is 7.14. The summed E-state index contributed by atoms with van der Waals surface area (Å²) in [5, 5.41) is 2.90. The number of hydrogen-bond acceptors (Lipinski definition) is 3. The topological polar surface area (TPSA) is 66.5 Å². The zero-order valence-corrected chi connectivity index (χ0v) is 17.7. The summed E-state index contributed by atoms with van der Waals surface area (Å²) in [5.74, 6) is -0.273. The van der Waals surface area contributed by atoms with E-state index in [2.05, 4.69) is 12.2 Å². The van der Waals surface area contributed by atoms with Crippen molar-refractivity contribution in [3.05, 3.63) is 65.7 Å². The average Bonchev–Trinajstić information content (AvgIpc) is 2.66. The van der Waals surface area contributed by atoms with Gasteiger partial charge in [0, 0.05) is 12.6 Å². The van der Waals surface area contributed by atoms with Gasteiger partial charge in [-0.2, -0.15) is 4.31 Å². The molecule has 0 unspecified atom stereocenters. The molecule has 1 amide bonds. The molecule has 152 valence electrons. The second-order valence-corrected chi connectivity index (χ2v) is 9.08. The summed E-state index contributed by atoms with van der Waals surface area (Å²) in [7, 11) is -3.76. The summed E-state index contributed by atoms with van der Waals surface area (Å²) in [5.41, 5.74) is 2.02. The highest BCUT2D eigenvalue weighted by Crippen LogP contribution is 2.17. The van der Waals surface area contributed by atoms with Gasteiger partial charge in [-0.1, -0.05) is 61.4 Å². The van der Waals surface area contributed by atoms with Gasteiger partial charge in [0.15, 0.2) is 0 Å². The molecule has 2 aromatic rings. The molecule has 28 heavy (non-hydrogen) atoms. The van der Waals surface area contributed by atoms with Gasteiger partial charge in [-0.25, -0.2) is 8.42 Å². The van der Waals surface area contributed by atoms with Crippen molar-refractivity contribution in [3.63, 3.8) is 0 Å². The SMILES string of the molecule is CCC[C@H](C)NC(=O)CN(CCc1ccccc1)S(=O)(=O)c1ccc(C)cc1. The van der Waals surface area contributed by atoms with E-state index in [9.17, 15) is 13.2 Å². The van der Waals surface area contributed by atoms with Crippen LogP contribution in [0, 0.1) is 6.92 Å². The Morgan fingerprint density at radius 3 is 2.32 bits per heavy atom. The van der Waals surface area contributed by atoms with Gasteiger partial charge in [0.1, 0.15) is 0 Å². The summed E-state index contributed by atoms with van der Waals surface area (Å²) in [6, 6.07) is 16.4. The van der Waals surface area contributed by atoms with Crippen LogP contribution in [-0.2, 0) is 21.2 Å². The number of amides is 1. The first-order valence-corrected chi connectivity index (χ1v) is 11.2. The highest BCUT2D eigenvalue weighted by atomic mass is 32.2. The van der Waals surface area contributed by atoms with Gasteiger partial charge < -0.3 is 5.32 Å². The van der Waals surface area contributed by atoms with Gasteiger partial charge in [-0.15, -0.1) is 0 Å². The van der Waals surface area contributed by atoms with E-state index in [1.165, 1.54) is 4.31 Å². The molecule has 0 bridgehead atoms. The van der Waals surface area contributed by atoms with Crippen molar-refractivity contribution in [2.45, 2.75) is 51.0 Å². The first-order chi connectivity index (χ1) is 13.3. The number of hydrogen-bond donors (Lipinski definition) is 1. The predicted octanol–water partition coefficient (Wildman–Crippen LogP) is 3.53. The smallest absolute Gasteiger partial charge is 0.243 e. The van der Waals surface area contributed by atoms with Crippen LogP contribution in [0.5, 0.6) is 0 Å². The van der Waals surface area contributed by atoms with E-state index in [1.54, 1.807) is 24.3 Å². The van der Waals surface area contributed by atoms with Crippen molar-refractivity contribution < 1.29 is 13.2 Å². The van der Waals surface area contributed by atoms with Crippen LogP contribution < -0.4 is 5.32 Å². The maximum Gasteiger partial charge on any atom is 0.243 e. The van der Waals surface area contributed by atoms with Crippen LogP contribution in [0.3, 0.4) is 0 Å². The first-order valence-electron chi connectivity index (χ1n) is 9.73. The van der Waals surface area contributed by atoms with E-state index >= 15 is 0 Å². The Bertz CT molecular complexity index is 849. The molecule has 0 spiro atoms. The van der Waals surface area contributed by atoms with E-state index in [0.717, 1.165) is 24.0 Å². The van der Waals surface area contributed by atoms with E-state index in [-0.39, 0.29) is 29.9 Å². The molecule has 0 fully saturated rings. The van der Waals surface area contributed by atoms with Crippen LogP contribution in [-0.4, -0.2) is 37.8 Å². The molecule has 1 atom stereocenters. The highest BCUT2D eigenvalue weighted by Gasteiger charge is 2.26. The third kappa shape index (κ3) is 6.46. The lowest BCUT2D eigenvalue weighted by Gasteiger charge is -2.23. The fourth-order valence-corrected chi connectivity index (χ4v) is 4.42. The summed E-state index contributed by atoms with van der Waals surface area (Å²) in [6.45, 7) is 5.96. The van der Waals surface area contributed by atoms with Gasteiger partial charge in [0.2, 0.25) is 15.9 Å². The first kappa shape index (κ1) is 22.1. The van der Waals surface area contributed by atoms with Crippen LogP contribution in [0.15, 0.2) is 59.5 Å². The fourth-order valence-electron chi connectivity index (χ4n) is 3.03. The lowest BCUT2D eigenvalue weighted by atomic mass is 10.1. The number of nitrogens with one attached hydrogen (secondary N) is 1. The maximum absolute atomic E-state index is 13.2. The van der Waals surface area contributed by atoms with Crippen LogP contribution >= 0.6 is 0 Å². The third-order valence-corrected chi connectivity index (χ3v) is 6.46. The van der Waals surface area contributed by atoms with E-state index in [4.69, 9.17) is 0 Å². The number of aryl methyl sites for hydroxylation is 1. The van der Waals surface area contributed by atoms with Crippen molar-refractivity contribution in [2.24, 2.45) is 0 Å². The summed E-state index contributed by atoms with van der Waals surface area (Å²) in [4.78, 5) is 12.7. The largest absolute Gasteiger partial charge is 0.353 e. The molecule has 0 aliphatic heterocycles. The Labute approximate surface area is 168 Å². The summed E-state index contributed by atoms with van der Waals surface area (Å²) < 4.78 is 27.6. The van der Waals surface area contributed by atoms with E-state index < -0.39 is 10.0 Å². The monoisotopic (exact) mass is 402 g/mol. The predicted molar refractivity (Wildman–Crippen MR) is 113 cm³/mol. The van der Waals surface area contributed by atoms with Gasteiger partial charge in [-0.3, -0.25) is 4.79 Å². The Morgan fingerprint density at radius 2 is 1.71 bits per heavy atom. The standard InChI is InChI=1S/C22H30N2O3S/c1-4-8-19(3)23-22(25)17-24(16-15-20-9-6-5-7-10-20)28(26,27)21-13-11-18(2)12-14-21/h5-7,9-14,19H,4,8,15-17H2,1-3H3,(H,23,25)/t19-/m0/s1. The third-order valence-electron chi connectivity index (χ3n) is 4.60. The molecule has 0 saturated carbocycles. The zero-order valence-electron chi connectivity index (χ0n) is 16.9. The van der Waals surface area contributed by atoms with Gasteiger partial charge >= 0.3 is 0 Å². The van der Waals surface area contributed by atoms with Crippen LogP contribution in [0.1, 0.15) is 37.8 Å². The zero-order chi connectivity index (χ0) is 20.6. The fraction of sp³-hybridized carbons (Fsp3) is 0.409. The van der Waals surface area contributed by atoms with Crippen molar-refractivity contribution in [1.82, 2.24) is 9.62 Å². The molecule has 0 radical (unpaired) electrons. The molecule has 0 aliphatic rings. The highest BCUT2D eigenvalue weighted by molar-refractivity contribution is 7.89. The van der Waals surface area contributed by atoms with Crippen molar-refractivity contribution in [3.8, 4) is 0 Å². The molecule has 2 aromatic carbocycles. The van der Waals surface area contributed by atoms with Gasteiger partial charge in [0.25, 0.3) is 0 Å². The molecule has 0 heterocycles. The summed E-state index contributed by atoms with van der Waals surface area (Å²) in [6.07, 6.45) is 2.37. The molecule has 0 saturated heterocycles. The van der Waals surface area contributed by atoms with Crippen LogP contribution in [0.25, 0.3) is 0 Å². The normalized spacial score (nSPS) is 12.7. The molecule has 5 nitrogen and oxygen atoms in total. The average molecular weight is 403 g/mol. The number of rotatable bonds is 10.